The molecule has 0 radical (unpaired) electrons. The van der Waals surface area contributed by atoms with Gasteiger partial charge < -0.3 is 0 Å². The number of hydrogen-bond acceptors (Lipinski definition) is 1. The van der Waals surface area contributed by atoms with Crippen molar-refractivity contribution in [2.75, 3.05) is 0 Å². The molecule has 0 atom stereocenters. The smallest absolute Gasteiger partial charge is 0.144 e. The number of para-hydroxylation sites is 1. The maximum Gasteiger partial charge on any atom is 0.144 e. The molecule has 2 aromatic heterocycles. The SMILES string of the molecule is Fc1cc2c(cc1Cl)nc1ccc3ccccc3n12. The molecule has 0 saturated carbocycles. The highest BCUT2D eigenvalue weighted by Crippen LogP contribution is 2.26. The second-order valence-corrected chi connectivity index (χ2v) is 4.86. The molecule has 0 fully saturated rings. The number of rotatable bonds is 0. The van der Waals surface area contributed by atoms with Gasteiger partial charge in [-0.05, 0) is 29.7 Å². The van der Waals surface area contributed by atoms with Gasteiger partial charge in [0.1, 0.15) is 11.5 Å². The number of halogens is 2. The Labute approximate surface area is 113 Å². The van der Waals surface area contributed by atoms with Crippen LogP contribution in [0, 0.1) is 5.82 Å². The minimum absolute atomic E-state index is 0.0974. The molecule has 4 aromatic rings. The number of pyridine rings is 1. The van der Waals surface area contributed by atoms with E-state index in [0.717, 1.165) is 22.1 Å². The lowest BCUT2D eigenvalue weighted by atomic mass is 10.2. The molecule has 0 spiro atoms. The second-order valence-electron chi connectivity index (χ2n) is 4.45. The van der Waals surface area contributed by atoms with Crippen molar-refractivity contribution in [3.05, 3.63) is 59.4 Å². The Morgan fingerprint density at radius 2 is 1.84 bits per heavy atom. The molecule has 92 valence electrons. The second kappa shape index (κ2) is 3.68. The molecule has 2 heterocycles. The zero-order valence-electron chi connectivity index (χ0n) is 9.77. The van der Waals surface area contributed by atoms with Crippen molar-refractivity contribution in [1.82, 2.24) is 9.38 Å². The lowest BCUT2D eigenvalue weighted by molar-refractivity contribution is 0.630. The number of imidazole rings is 1. The predicted molar refractivity (Wildman–Crippen MR) is 75.2 cm³/mol. The summed E-state index contributed by atoms with van der Waals surface area (Å²) in [6, 6.07) is 14.9. The van der Waals surface area contributed by atoms with Gasteiger partial charge in [-0.3, -0.25) is 4.40 Å². The molecular formula is C15H8ClFN2. The molecule has 2 aromatic carbocycles. The minimum atomic E-state index is -0.427. The van der Waals surface area contributed by atoms with Crippen LogP contribution in [0.25, 0.3) is 27.6 Å². The first-order valence-electron chi connectivity index (χ1n) is 5.89. The molecular weight excluding hydrogens is 263 g/mol. The van der Waals surface area contributed by atoms with Crippen molar-refractivity contribution >= 4 is 39.2 Å². The van der Waals surface area contributed by atoms with Gasteiger partial charge in [0, 0.05) is 6.07 Å². The van der Waals surface area contributed by atoms with Gasteiger partial charge in [0.15, 0.2) is 0 Å². The largest absolute Gasteiger partial charge is 0.292 e. The molecule has 19 heavy (non-hydrogen) atoms. The molecule has 4 rings (SSSR count). The summed E-state index contributed by atoms with van der Waals surface area (Å²) in [4.78, 5) is 4.48. The normalized spacial score (nSPS) is 11.7. The van der Waals surface area contributed by atoms with Crippen molar-refractivity contribution in [2.45, 2.75) is 0 Å². The van der Waals surface area contributed by atoms with Gasteiger partial charge in [-0.2, -0.15) is 0 Å². The zero-order chi connectivity index (χ0) is 13.0. The summed E-state index contributed by atoms with van der Waals surface area (Å²) in [7, 11) is 0. The summed E-state index contributed by atoms with van der Waals surface area (Å²) in [5.74, 6) is -0.427. The van der Waals surface area contributed by atoms with E-state index in [2.05, 4.69) is 4.98 Å². The summed E-state index contributed by atoms with van der Waals surface area (Å²) in [5, 5.41) is 1.19. The van der Waals surface area contributed by atoms with Crippen LogP contribution >= 0.6 is 11.6 Å². The van der Waals surface area contributed by atoms with Crippen molar-refractivity contribution in [3.8, 4) is 0 Å². The Hall–Kier alpha value is -2.13. The molecule has 0 aliphatic carbocycles. The topological polar surface area (TPSA) is 17.3 Å². The van der Waals surface area contributed by atoms with Crippen LogP contribution in [0.3, 0.4) is 0 Å². The van der Waals surface area contributed by atoms with Gasteiger partial charge in [-0.25, -0.2) is 9.37 Å². The highest BCUT2D eigenvalue weighted by molar-refractivity contribution is 6.31. The first kappa shape index (κ1) is 10.8. The lowest BCUT2D eigenvalue weighted by Gasteiger charge is -2.02. The van der Waals surface area contributed by atoms with E-state index in [0.29, 0.717) is 5.52 Å². The average Bonchev–Trinajstić information content (AvgIpc) is 2.77. The molecule has 0 saturated heterocycles. The summed E-state index contributed by atoms with van der Waals surface area (Å²) in [5.41, 5.74) is 3.22. The van der Waals surface area contributed by atoms with Crippen LogP contribution in [0.2, 0.25) is 5.02 Å². The van der Waals surface area contributed by atoms with Gasteiger partial charge in [-0.15, -0.1) is 0 Å². The average molecular weight is 271 g/mol. The van der Waals surface area contributed by atoms with Crippen LogP contribution in [0.4, 0.5) is 4.39 Å². The Kier molecular flexibility index (Phi) is 2.09. The quantitative estimate of drug-likeness (QED) is 0.462. The number of hydrogen-bond donors (Lipinski definition) is 0. The first-order valence-corrected chi connectivity index (χ1v) is 6.27. The summed E-state index contributed by atoms with van der Waals surface area (Å²) in [6.45, 7) is 0. The Morgan fingerprint density at radius 3 is 2.74 bits per heavy atom. The molecule has 0 bridgehead atoms. The zero-order valence-corrected chi connectivity index (χ0v) is 10.5. The Bertz CT molecular complexity index is 943. The fourth-order valence-electron chi connectivity index (χ4n) is 2.45. The minimum Gasteiger partial charge on any atom is -0.292 e. The standard InChI is InChI=1S/C15H8ClFN2/c16-10-7-12-14(8-11(10)17)19-13-4-2-1-3-9(13)5-6-15(19)18-12/h1-8H. The monoisotopic (exact) mass is 270 g/mol. The fraction of sp³-hybridized carbons (Fsp3) is 0. The number of aromatic nitrogens is 2. The highest BCUT2D eigenvalue weighted by Gasteiger charge is 2.10. The first-order chi connectivity index (χ1) is 9.24. The van der Waals surface area contributed by atoms with Crippen LogP contribution < -0.4 is 0 Å². The van der Waals surface area contributed by atoms with E-state index in [4.69, 9.17) is 11.6 Å². The van der Waals surface area contributed by atoms with Crippen molar-refractivity contribution in [3.63, 3.8) is 0 Å². The van der Waals surface area contributed by atoms with Gasteiger partial charge in [0.2, 0.25) is 0 Å². The number of fused-ring (bicyclic) bond motifs is 5. The summed E-state index contributed by atoms with van der Waals surface area (Å²) < 4.78 is 15.6. The maximum atomic E-state index is 13.7. The molecule has 0 aliphatic rings. The van der Waals surface area contributed by atoms with Crippen molar-refractivity contribution in [2.24, 2.45) is 0 Å². The van der Waals surface area contributed by atoms with Crippen LogP contribution in [-0.2, 0) is 0 Å². The maximum absolute atomic E-state index is 13.7. The number of nitrogens with zero attached hydrogens (tertiary/aromatic N) is 2. The van der Waals surface area contributed by atoms with E-state index >= 15 is 0 Å². The molecule has 2 nitrogen and oxygen atoms in total. The molecule has 4 heteroatoms. The van der Waals surface area contributed by atoms with Crippen molar-refractivity contribution < 1.29 is 4.39 Å². The molecule has 0 aliphatic heterocycles. The van der Waals surface area contributed by atoms with E-state index in [1.165, 1.54) is 6.07 Å². The van der Waals surface area contributed by atoms with Gasteiger partial charge in [-0.1, -0.05) is 29.8 Å². The molecule has 0 unspecified atom stereocenters. The summed E-state index contributed by atoms with van der Waals surface area (Å²) in [6.07, 6.45) is 0. The van der Waals surface area contributed by atoms with E-state index in [1.807, 2.05) is 40.8 Å². The third kappa shape index (κ3) is 1.45. The van der Waals surface area contributed by atoms with Crippen molar-refractivity contribution in [1.29, 1.82) is 0 Å². The van der Waals surface area contributed by atoms with Crippen LogP contribution in [-0.4, -0.2) is 9.38 Å². The number of benzene rings is 2. The summed E-state index contributed by atoms with van der Waals surface area (Å²) >= 11 is 5.81. The van der Waals surface area contributed by atoms with Crippen LogP contribution in [0.5, 0.6) is 0 Å². The van der Waals surface area contributed by atoms with Gasteiger partial charge >= 0.3 is 0 Å². The van der Waals surface area contributed by atoms with E-state index < -0.39 is 5.82 Å². The van der Waals surface area contributed by atoms with E-state index in [1.54, 1.807) is 6.07 Å². The predicted octanol–water partition coefficient (Wildman–Crippen LogP) is 4.43. The molecule has 0 amide bonds. The van der Waals surface area contributed by atoms with Crippen LogP contribution in [0.1, 0.15) is 0 Å². The highest BCUT2D eigenvalue weighted by atomic mass is 35.5. The van der Waals surface area contributed by atoms with E-state index in [9.17, 15) is 4.39 Å². The lowest BCUT2D eigenvalue weighted by Crippen LogP contribution is -1.88. The van der Waals surface area contributed by atoms with E-state index in [-0.39, 0.29) is 5.02 Å². The van der Waals surface area contributed by atoms with Gasteiger partial charge in [0.25, 0.3) is 0 Å². The molecule has 0 N–H and O–H groups in total. The fourth-order valence-corrected chi connectivity index (χ4v) is 2.61. The van der Waals surface area contributed by atoms with Gasteiger partial charge in [0.05, 0.1) is 21.6 Å². The third-order valence-corrected chi connectivity index (χ3v) is 3.60. The Morgan fingerprint density at radius 1 is 1.00 bits per heavy atom. The Balaban J connectivity index is 2.32. The van der Waals surface area contributed by atoms with Crippen LogP contribution in [0.15, 0.2) is 48.5 Å². The third-order valence-electron chi connectivity index (χ3n) is 3.31.